The lowest BCUT2D eigenvalue weighted by Gasteiger charge is -2.35. The van der Waals surface area contributed by atoms with E-state index < -0.39 is 47.4 Å². The van der Waals surface area contributed by atoms with E-state index in [1.165, 1.54) is 4.90 Å². The maximum absolute atomic E-state index is 13.8. The Labute approximate surface area is 117 Å². The topological polar surface area (TPSA) is 15.3 Å². The predicted molar refractivity (Wildman–Crippen MR) is 64.0 cm³/mol. The molecule has 0 aromatic heterocycles. The van der Waals surface area contributed by atoms with Crippen LogP contribution in [0.25, 0.3) is 0 Å². The SMILES string of the molecule is FCC[C@@H](c1c(F)c(F)c(F)c(F)c1F)N1CCNCC1. The molecular weight excluding hydrogens is 298 g/mol. The lowest BCUT2D eigenvalue weighted by molar-refractivity contribution is 0.148. The normalized spacial score (nSPS) is 18.0. The average Bonchev–Trinajstić information content (AvgIpc) is 2.51. The van der Waals surface area contributed by atoms with E-state index in [4.69, 9.17) is 0 Å². The summed E-state index contributed by atoms with van der Waals surface area (Å²) in [5.74, 6) is -9.97. The number of piperazine rings is 1. The van der Waals surface area contributed by atoms with Gasteiger partial charge in [0.25, 0.3) is 0 Å². The summed E-state index contributed by atoms with van der Waals surface area (Å²) in [7, 11) is 0. The minimum Gasteiger partial charge on any atom is -0.314 e. The van der Waals surface area contributed by atoms with Crippen LogP contribution in [0.3, 0.4) is 0 Å². The fourth-order valence-corrected chi connectivity index (χ4v) is 2.52. The standard InChI is InChI=1S/C13H14F6N2/c14-2-1-7(21-5-3-20-4-6-21)8-9(15)11(17)13(19)12(18)10(8)16/h7,20H,1-6H2/t7-/m0/s1. The molecule has 8 heteroatoms. The van der Waals surface area contributed by atoms with Crippen molar-refractivity contribution in [1.82, 2.24) is 10.2 Å². The Balaban J connectivity index is 2.49. The van der Waals surface area contributed by atoms with Crippen LogP contribution in [0.4, 0.5) is 26.3 Å². The zero-order chi connectivity index (χ0) is 15.6. The quantitative estimate of drug-likeness (QED) is 0.522. The molecule has 118 valence electrons. The Morgan fingerprint density at radius 2 is 1.33 bits per heavy atom. The van der Waals surface area contributed by atoms with Crippen LogP contribution in [-0.4, -0.2) is 37.8 Å². The molecular formula is C13H14F6N2. The van der Waals surface area contributed by atoms with Crippen LogP contribution in [0.2, 0.25) is 0 Å². The van der Waals surface area contributed by atoms with Gasteiger partial charge in [-0.15, -0.1) is 0 Å². The number of nitrogens with one attached hydrogen (secondary N) is 1. The van der Waals surface area contributed by atoms with Crippen molar-refractivity contribution < 1.29 is 26.3 Å². The van der Waals surface area contributed by atoms with Crippen molar-refractivity contribution in [2.24, 2.45) is 0 Å². The number of benzene rings is 1. The van der Waals surface area contributed by atoms with Crippen LogP contribution < -0.4 is 5.32 Å². The summed E-state index contributed by atoms with van der Waals surface area (Å²) in [5, 5.41) is 2.99. The van der Waals surface area contributed by atoms with Gasteiger partial charge in [0.05, 0.1) is 6.67 Å². The smallest absolute Gasteiger partial charge is 0.200 e. The molecule has 1 heterocycles. The number of hydrogen-bond acceptors (Lipinski definition) is 2. The van der Waals surface area contributed by atoms with E-state index in [0.29, 0.717) is 26.2 Å². The van der Waals surface area contributed by atoms with Gasteiger partial charge in [-0.05, 0) is 6.42 Å². The Hall–Kier alpha value is -1.28. The minimum atomic E-state index is -2.20. The molecule has 1 saturated heterocycles. The highest BCUT2D eigenvalue weighted by Crippen LogP contribution is 2.33. The minimum absolute atomic E-state index is 0.335. The van der Waals surface area contributed by atoms with Gasteiger partial charge in [0.1, 0.15) is 0 Å². The predicted octanol–water partition coefficient (Wildman–Crippen LogP) is 2.69. The molecule has 2 rings (SSSR count). The van der Waals surface area contributed by atoms with E-state index >= 15 is 0 Å². The van der Waals surface area contributed by atoms with Gasteiger partial charge in [-0.2, -0.15) is 0 Å². The second-order valence-electron chi connectivity index (χ2n) is 4.76. The summed E-state index contributed by atoms with van der Waals surface area (Å²) in [5.41, 5.74) is -0.953. The van der Waals surface area contributed by atoms with Gasteiger partial charge in [-0.1, -0.05) is 0 Å². The van der Waals surface area contributed by atoms with Crippen LogP contribution >= 0.6 is 0 Å². The number of rotatable bonds is 4. The molecule has 0 aliphatic carbocycles. The molecule has 0 saturated carbocycles. The van der Waals surface area contributed by atoms with E-state index in [2.05, 4.69) is 5.32 Å². The number of halogens is 6. The summed E-state index contributed by atoms with van der Waals surface area (Å²) in [6.07, 6.45) is -0.335. The zero-order valence-electron chi connectivity index (χ0n) is 11.0. The van der Waals surface area contributed by atoms with Crippen LogP contribution in [0.1, 0.15) is 18.0 Å². The molecule has 1 atom stereocenters. The van der Waals surface area contributed by atoms with Gasteiger partial charge in [0.15, 0.2) is 23.3 Å². The zero-order valence-corrected chi connectivity index (χ0v) is 11.0. The molecule has 1 N–H and O–H groups in total. The first kappa shape index (κ1) is 16.1. The summed E-state index contributed by atoms with van der Waals surface area (Å²) in [6, 6.07) is -1.18. The van der Waals surface area contributed by atoms with Crippen LogP contribution in [0, 0.1) is 29.1 Å². The number of alkyl halides is 1. The highest BCUT2D eigenvalue weighted by molar-refractivity contribution is 5.27. The Morgan fingerprint density at radius 3 is 1.81 bits per heavy atom. The highest BCUT2D eigenvalue weighted by atomic mass is 19.2. The van der Waals surface area contributed by atoms with Crippen molar-refractivity contribution in [2.75, 3.05) is 32.9 Å². The molecule has 0 radical (unpaired) electrons. The van der Waals surface area contributed by atoms with Gasteiger partial charge >= 0.3 is 0 Å². The molecule has 0 spiro atoms. The van der Waals surface area contributed by atoms with Gasteiger partial charge in [0.2, 0.25) is 5.82 Å². The largest absolute Gasteiger partial charge is 0.314 e. The van der Waals surface area contributed by atoms with Gasteiger partial charge in [-0.25, -0.2) is 22.0 Å². The van der Waals surface area contributed by atoms with E-state index in [9.17, 15) is 26.3 Å². The second kappa shape index (κ2) is 6.65. The molecule has 1 aliphatic heterocycles. The molecule has 0 amide bonds. The van der Waals surface area contributed by atoms with Crippen molar-refractivity contribution in [3.8, 4) is 0 Å². The van der Waals surface area contributed by atoms with Crippen molar-refractivity contribution in [3.63, 3.8) is 0 Å². The van der Waals surface area contributed by atoms with Crippen molar-refractivity contribution in [2.45, 2.75) is 12.5 Å². The third kappa shape index (κ3) is 3.01. The van der Waals surface area contributed by atoms with Crippen molar-refractivity contribution >= 4 is 0 Å². The van der Waals surface area contributed by atoms with E-state index in [0.717, 1.165) is 0 Å². The molecule has 21 heavy (non-hydrogen) atoms. The van der Waals surface area contributed by atoms with E-state index in [1.807, 2.05) is 0 Å². The van der Waals surface area contributed by atoms with E-state index in [-0.39, 0.29) is 6.42 Å². The van der Waals surface area contributed by atoms with Crippen molar-refractivity contribution in [3.05, 3.63) is 34.6 Å². The number of nitrogens with zero attached hydrogens (tertiary/aromatic N) is 1. The number of hydrogen-bond donors (Lipinski definition) is 1. The molecule has 0 bridgehead atoms. The fraction of sp³-hybridized carbons (Fsp3) is 0.538. The molecule has 1 aromatic carbocycles. The second-order valence-corrected chi connectivity index (χ2v) is 4.76. The Kier molecular flexibility index (Phi) is 5.10. The van der Waals surface area contributed by atoms with Gasteiger partial charge in [-0.3, -0.25) is 9.29 Å². The summed E-state index contributed by atoms with van der Waals surface area (Å²) in [6.45, 7) is 0.749. The maximum atomic E-state index is 13.8. The van der Waals surface area contributed by atoms with Gasteiger partial charge in [0, 0.05) is 37.8 Å². The highest BCUT2D eigenvalue weighted by Gasteiger charge is 2.33. The Bertz CT molecular complexity index is 487. The summed E-state index contributed by atoms with van der Waals surface area (Å²) >= 11 is 0. The van der Waals surface area contributed by atoms with Crippen molar-refractivity contribution in [1.29, 1.82) is 0 Å². The molecule has 1 aromatic rings. The first-order chi connectivity index (χ1) is 9.99. The molecule has 0 unspecified atom stereocenters. The fourth-order valence-electron chi connectivity index (χ4n) is 2.52. The Morgan fingerprint density at radius 1 is 0.857 bits per heavy atom. The first-order valence-corrected chi connectivity index (χ1v) is 6.51. The van der Waals surface area contributed by atoms with E-state index in [1.54, 1.807) is 0 Å². The molecule has 2 nitrogen and oxygen atoms in total. The first-order valence-electron chi connectivity index (χ1n) is 6.51. The molecule has 1 fully saturated rings. The third-order valence-electron chi connectivity index (χ3n) is 3.55. The molecule has 1 aliphatic rings. The monoisotopic (exact) mass is 312 g/mol. The summed E-state index contributed by atoms with van der Waals surface area (Å²) < 4.78 is 80.0. The van der Waals surface area contributed by atoms with Crippen LogP contribution in [0.5, 0.6) is 0 Å². The van der Waals surface area contributed by atoms with Gasteiger partial charge < -0.3 is 5.32 Å². The summed E-state index contributed by atoms with van der Waals surface area (Å²) in [4.78, 5) is 1.52. The average molecular weight is 312 g/mol. The van der Waals surface area contributed by atoms with Crippen LogP contribution in [-0.2, 0) is 0 Å². The lowest BCUT2D eigenvalue weighted by Crippen LogP contribution is -2.45. The lowest BCUT2D eigenvalue weighted by atomic mass is 9.99. The maximum Gasteiger partial charge on any atom is 0.200 e. The van der Waals surface area contributed by atoms with Crippen LogP contribution in [0.15, 0.2) is 0 Å². The third-order valence-corrected chi connectivity index (χ3v) is 3.55.